The summed E-state index contributed by atoms with van der Waals surface area (Å²) in [6.45, 7) is 1.73. The fourth-order valence-corrected chi connectivity index (χ4v) is 4.23. The first-order chi connectivity index (χ1) is 12.1. The molecule has 1 amide bonds. The number of pyridine rings is 1. The number of thiocarbonyl (C=S) groups is 1. The summed E-state index contributed by atoms with van der Waals surface area (Å²) in [5.41, 5.74) is 0.878. The third-order valence-electron chi connectivity index (χ3n) is 4.42. The van der Waals surface area contributed by atoms with E-state index in [1.54, 1.807) is 25.4 Å². The fourth-order valence-electron chi connectivity index (χ4n) is 3.06. The number of amides is 1. The third kappa shape index (κ3) is 2.75. The van der Waals surface area contributed by atoms with E-state index >= 15 is 0 Å². The van der Waals surface area contributed by atoms with E-state index in [1.165, 1.54) is 21.1 Å². The molecule has 6 nitrogen and oxygen atoms in total. The van der Waals surface area contributed by atoms with Crippen LogP contribution in [0.3, 0.4) is 0 Å². The Morgan fingerprint density at radius 2 is 2.00 bits per heavy atom. The number of nitrogens with zero attached hydrogens (tertiary/aromatic N) is 4. The monoisotopic (exact) mass is 372 g/mol. The molecule has 2 aromatic rings. The minimum Gasteiger partial charge on any atom is -0.356 e. The van der Waals surface area contributed by atoms with E-state index in [-0.39, 0.29) is 11.5 Å². The molecule has 0 unspecified atom stereocenters. The van der Waals surface area contributed by atoms with Gasteiger partial charge in [0.1, 0.15) is 15.8 Å². The van der Waals surface area contributed by atoms with Gasteiger partial charge in [-0.25, -0.2) is 4.98 Å². The minimum absolute atomic E-state index is 0.172. The van der Waals surface area contributed by atoms with Crippen molar-refractivity contribution in [2.75, 3.05) is 25.0 Å². The maximum Gasteiger partial charge on any atom is 0.267 e. The number of hydrogen-bond acceptors (Lipinski definition) is 6. The highest BCUT2D eigenvalue weighted by molar-refractivity contribution is 8.26. The van der Waals surface area contributed by atoms with Crippen LogP contribution in [0.4, 0.5) is 5.82 Å². The van der Waals surface area contributed by atoms with E-state index in [1.807, 2.05) is 12.1 Å². The Morgan fingerprint density at radius 1 is 1.24 bits per heavy atom. The molecular weight excluding hydrogens is 356 g/mol. The molecular formula is C17H16N4O2S2. The summed E-state index contributed by atoms with van der Waals surface area (Å²) >= 11 is 6.40. The lowest BCUT2D eigenvalue weighted by Gasteiger charge is -2.19. The van der Waals surface area contributed by atoms with Crippen LogP contribution in [0.1, 0.15) is 18.4 Å². The van der Waals surface area contributed by atoms with Gasteiger partial charge in [-0.3, -0.25) is 18.9 Å². The molecule has 0 aliphatic carbocycles. The van der Waals surface area contributed by atoms with Gasteiger partial charge in [0.2, 0.25) is 0 Å². The lowest BCUT2D eigenvalue weighted by atomic mass is 10.2. The summed E-state index contributed by atoms with van der Waals surface area (Å²) in [7, 11) is 1.64. The Bertz CT molecular complexity index is 976. The molecule has 2 saturated heterocycles. The van der Waals surface area contributed by atoms with Crippen molar-refractivity contribution >= 4 is 51.7 Å². The molecule has 0 saturated carbocycles. The van der Waals surface area contributed by atoms with Crippen molar-refractivity contribution in [2.24, 2.45) is 0 Å². The van der Waals surface area contributed by atoms with Gasteiger partial charge in [0.05, 0.1) is 10.5 Å². The predicted octanol–water partition coefficient (Wildman–Crippen LogP) is 2.13. The highest BCUT2D eigenvalue weighted by Gasteiger charge is 2.30. The fraction of sp³-hybridized carbons (Fsp3) is 0.294. The number of carbonyl (C=O) groups is 1. The van der Waals surface area contributed by atoms with Crippen LogP contribution in [-0.2, 0) is 4.79 Å². The maximum atomic E-state index is 13.0. The summed E-state index contributed by atoms with van der Waals surface area (Å²) < 4.78 is 2.01. The first-order valence-electron chi connectivity index (χ1n) is 8.04. The Hall–Kier alpha value is -2.19. The average Bonchev–Trinajstić information content (AvgIpc) is 3.23. The summed E-state index contributed by atoms with van der Waals surface area (Å²) in [5.74, 6) is 0.468. The van der Waals surface area contributed by atoms with E-state index in [0.717, 1.165) is 25.9 Å². The number of rotatable bonds is 2. The highest BCUT2D eigenvalue weighted by Crippen LogP contribution is 2.32. The van der Waals surface area contributed by atoms with Gasteiger partial charge in [-0.1, -0.05) is 30.0 Å². The van der Waals surface area contributed by atoms with Crippen molar-refractivity contribution in [2.45, 2.75) is 12.8 Å². The second kappa shape index (κ2) is 6.27. The number of carbonyl (C=O) groups excluding carboxylic acids is 1. The van der Waals surface area contributed by atoms with Gasteiger partial charge in [0.25, 0.3) is 11.5 Å². The Balaban J connectivity index is 1.93. The molecule has 0 bridgehead atoms. The van der Waals surface area contributed by atoms with Gasteiger partial charge in [-0.05, 0) is 31.1 Å². The lowest BCUT2D eigenvalue weighted by Crippen LogP contribution is -2.27. The third-order valence-corrected chi connectivity index (χ3v) is 5.90. The van der Waals surface area contributed by atoms with Gasteiger partial charge in [0.15, 0.2) is 0 Å². The molecule has 8 heteroatoms. The van der Waals surface area contributed by atoms with Gasteiger partial charge >= 0.3 is 0 Å². The number of thioether (sulfide) groups is 1. The van der Waals surface area contributed by atoms with Crippen LogP contribution in [-0.4, -0.2) is 44.6 Å². The molecule has 4 rings (SSSR count). The molecule has 2 aliphatic heterocycles. The summed E-state index contributed by atoms with van der Waals surface area (Å²) in [4.78, 5) is 34.1. The molecule has 2 aromatic heterocycles. The van der Waals surface area contributed by atoms with Gasteiger partial charge < -0.3 is 4.90 Å². The van der Waals surface area contributed by atoms with Crippen molar-refractivity contribution < 1.29 is 4.79 Å². The summed E-state index contributed by atoms with van der Waals surface area (Å²) in [6, 6.07) is 5.47. The van der Waals surface area contributed by atoms with Crippen LogP contribution in [0.5, 0.6) is 0 Å². The average molecular weight is 372 g/mol. The summed E-state index contributed by atoms with van der Waals surface area (Å²) in [5, 5.41) is 0. The Labute approximate surface area is 154 Å². The SMILES string of the molecule is CN1C(=O)/C(=C\c2c(N3CCCC3)nc3ccccn3c2=O)SC1=S. The molecule has 2 aliphatic rings. The lowest BCUT2D eigenvalue weighted by molar-refractivity contribution is -0.121. The van der Waals surface area contributed by atoms with Crippen LogP contribution in [0.15, 0.2) is 34.1 Å². The second-order valence-electron chi connectivity index (χ2n) is 6.02. The van der Waals surface area contributed by atoms with Crippen LogP contribution < -0.4 is 10.5 Å². The molecule has 25 heavy (non-hydrogen) atoms. The van der Waals surface area contributed by atoms with Crippen molar-refractivity contribution in [1.82, 2.24) is 14.3 Å². The second-order valence-corrected chi connectivity index (χ2v) is 7.69. The van der Waals surface area contributed by atoms with Crippen LogP contribution in [0.25, 0.3) is 11.7 Å². The largest absolute Gasteiger partial charge is 0.356 e. The van der Waals surface area contributed by atoms with Crippen LogP contribution >= 0.6 is 24.0 Å². The van der Waals surface area contributed by atoms with Gasteiger partial charge in [-0.2, -0.15) is 0 Å². The van der Waals surface area contributed by atoms with Gasteiger partial charge in [0, 0.05) is 26.3 Å². The molecule has 0 radical (unpaired) electrons. The molecule has 0 aromatic carbocycles. The number of anilines is 1. The van der Waals surface area contributed by atoms with Crippen LogP contribution in [0.2, 0.25) is 0 Å². The number of likely N-dealkylation sites (N-methyl/N-ethyl adjacent to an activating group) is 1. The molecule has 4 heterocycles. The molecule has 0 spiro atoms. The molecule has 2 fully saturated rings. The summed E-state index contributed by atoms with van der Waals surface area (Å²) in [6.07, 6.45) is 5.49. The minimum atomic E-state index is -0.181. The zero-order chi connectivity index (χ0) is 17.6. The maximum absolute atomic E-state index is 13.0. The Kier molecular flexibility index (Phi) is 4.09. The molecule has 128 valence electrons. The standard InChI is InChI=1S/C17H16N4O2S2/c1-19-16(23)12(25-17(19)24)10-11-14(20-7-4-5-8-20)18-13-6-2-3-9-21(13)15(11)22/h2-3,6,9-10H,4-5,7-8H2,1H3/b12-10+. The first kappa shape index (κ1) is 16.3. The predicted molar refractivity (Wildman–Crippen MR) is 104 cm³/mol. The van der Waals surface area contributed by atoms with E-state index in [2.05, 4.69) is 4.90 Å². The topological polar surface area (TPSA) is 57.9 Å². The zero-order valence-corrected chi connectivity index (χ0v) is 15.3. The zero-order valence-electron chi connectivity index (χ0n) is 13.6. The molecule has 0 atom stereocenters. The van der Waals surface area contributed by atoms with E-state index in [9.17, 15) is 9.59 Å². The molecule has 0 N–H and O–H groups in total. The number of aromatic nitrogens is 2. The normalized spacial score (nSPS) is 19.6. The quantitative estimate of drug-likeness (QED) is 0.595. The van der Waals surface area contributed by atoms with E-state index < -0.39 is 0 Å². The van der Waals surface area contributed by atoms with Crippen molar-refractivity contribution in [3.05, 3.63) is 45.2 Å². The van der Waals surface area contributed by atoms with Crippen molar-refractivity contribution in [3.63, 3.8) is 0 Å². The number of fused-ring (bicyclic) bond motifs is 1. The van der Waals surface area contributed by atoms with Crippen molar-refractivity contribution in [1.29, 1.82) is 0 Å². The van der Waals surface area contributed by atoms with Crippen molar-refractivity contribution in [3.8, 4) is 0 Å². The first-order valence-corrected chi connectivity index (χ1v) is 9.26. The number of hydrogen-bond donors (Lipinski definition) is 0. The van der Waals surface area contributed by atoms with Gasteiger partial charge in [-0.15, -0.1) is 0 Å². The van der Waals surface area contributed by atoms with E-state index in [0.29, 0.717) is 26.3 Å². The smallest absolute Gasteiger partial charge is 0.267 e. The van der Waals surface area contributed by atoms with E-state index in [4.69, 9.17) is 17.2 Å². The highest BCUT2D eigenvalue weighted by atomic mass is 32.2. The Morgan fingerprint density at radius 3 is 2.68 bits per heavy atom. The van der Waals surface area contributed by atoms with Crippen LogP contribution in [0, 0.1) is 0 Å².